The molecule has 0 amide bonds. The molecule has 0 atom stereocenters. The summed E-state index contributed by atoms with van der Waals surface area (Å²) in [7, 11) is 0. The van der Waals surface area contributed by atoms with Crippen LogP contribution in [0.1, 0.15) is 0 Å². The normalized spacial score (nSPS) is 10.9. The van der Waals surface area contributed by atoms with Crippen molar-refractivity contribution >= 4 is 49.1 Å². The van der Waals surface area contributed by atoms with Gasteiger partial charge >= 0.3 is 0 Å². The van der Waals surface area contributed by atoms with E-state index in [2.05, 4.69) is 15.9 Å². The van der Waals surface area contributed by atoms with Gasteiger partial charge in [-0.3, -0.25) is 4.79 Å². The van der Waals surface area contributed by atoms with Crippen LogP contribution in [0.5, 0.6) is 11.5 Å². The molecule has 1 aromatic carbocycles. The van der Waals surface area contributed by atoms with E-state index in [4.69, 9.17) is 0 Å². The van der Waals surface area contributed by atoms with Crippen molar-refractivity contribution in [1.82, 2.24) is 0 Å². The van der Waals surface area contributed by atoms with Crippen LogP contribution < -0.4 is 5.43 Å². The highest BCUT2D eigenvalue weighted by Gasteiger charge is 2.12. The molecule has 2 aromatic rings. The summed E-state index contributed by atoms with van der Waals surface area (Å²) in [5, 5.41) is 19.1. The van der Waals surface area contributed by atoms with E-state index in [-0.39, 0.29) is 16.9 Å². The number of hydrogen-bond acceptors (Lipinski definition) is 5. The predicted molar refractivity (Wildman–Crippen MR) is 70.9 cm³/mol. The summed E-state index contributed by atoms with van der Waals surface area (Å²) in [5.74, 6) is -0.488. The van der Waals surface area contributed by atoms with Gasteiger partial charge in [0.15, 0.2) is 11.5 Å². The number of aromatic hydroxyl groups is 2. The molecule has 0 bridgehead atoms. The Morgan fingerprint density at radius 2 is 1.94 bits per heavy atom. The van der Waals surface area contributed by atoms with E-state index in [9.17, 15) is 15.0 Å². The molecule has 0 aliphatic rings. The van der Waals surface area contributed by atoms with Crippen LogP contribution in [0.4, 0.5) is 0 Å². The Morgan fingerprint density at radius 3 is 2.56 bits per heavy atom. The fraction of sp³-hybridized carbons (Fsp3) is 0.100. The summed E-state index contributed by atoms with van der Waals surface area (Å²) >= 11 is 6.09. The molecule has 1 aromatic heterocycles. The van der Waals surface area contributed by atoms with Crippen LogP contribution in [-0.4, -0.2) is 16.5 Å². The van der Waals surface area contributed by atoms with Gasteiger partial charge in [0.05, 0.1) is 8.68 Å². The van der Waals surface area contributed by atoms with Gasteiger partial charge in [0.1, 0.15) is 0 Å². The van der Waals surface area contributed by atoms with Crippen molar-refractivity contribution in [3.8, 4) is 11.5 Å². The lowest BCUT2D eigenvalue weighted by atomic mass is 10.2. The highest BCUT2D eigenvalue weighted by Crippen LogP contribution is 2.36. The molecule has 0 saturated carbocycles. The third-order valence-corrected chi connectivity index (χ3v) is 5.64. The number of hydrogen-bond donors (Lipinski definition) is 2. The summed E-state index contributed by atoms with van der Waals surface area (Å²) < 4.78 is 2.01. The monoisotopic (exact) mass is 318 g/mol. The fourth-order valence-corrected chi connectivity index (χ4v) is 3.94. The average Bonchev–Trinajstić information content (AvgIpc) is 2.26. The second-order valence-corrected chi connectivity index (χ2v) is 5.99. The summed E-state index contributed by atoms with van der Waals surface area (Å²) in [6.45, 7) is 0. The average molecular weight is 319 g/mol. The molecule has 84 valence electrons. The summed E-state index contributed by atoms with van der Waals surface area (Å²) in [6, 6.07) is 2.70. The first-order valence-corrected chi connectivity index (χ1v) is 7.10. The Hall–Kier alpha value is -0.720. The maximum Gasteiger partial charge on any atom is 0.203 e. The first-order valence-electron chi connectivity index (χ1n) is 4.27. The number of thioether (sulfide) groups is 1. The third kappa shape index (κ3) is 1.81. The molecule has 0 saturated heterocycles. The molecule has 0 radical (unpaired) electrons. The topological polar surface area (TPSA) is 57.5 Å². The Balaban J connectivity index is 2.93. The first-order chi connectivity index (χ1) is 7.54. The van der Waals surface area contributed by atoms with Crippen molar-refractivity contribution in [3.05, 3.63) is 26.8 Å². The van der Waals surface area contributed by atoms with E-state index < -0.39 is 0 Å². The summed E-state index contributed by atoms with van der Waals surface area (Å²) in [4.78, 5) is 11.9. The van der Waals surface area contributed by atoms with Gasteiger partial charge < -0.3 is 10.2 Å². The van der Waals surface area contributed by atoms with Crippen molar-refractivity contribution in [2.75, 3.05) is 6.26 Å². The van der Waals surface area contributed by atoms with Crippen molar-refractivity contribution in [3.63, 3.8) is 0 Å². The largest absolute Gasteiger partial charge is 0.504 e. The Kier molecular flexibility index (Phi) is 3.14. The van der Waals surface area contributed by atoms with E-state index in [1.165, 1.54) is 35.2 Å². The summed E-state index contributed by atoms with van der Waals surface area (Å²) in [5.41, 5.74) is -0.173. The van der Waals surface area contributed by atoms with E-state index in [1.54, 1.807) is 0 Å². The molecule has 0 unspecified atom stereocenters. The SMILES string of the molecule is CSc1sc2cc(O)c(O)cc2c(=O)c1Br. The molecule has 2 rings (SSSR count). The zero-order valence-corrected chi connectivity index (χ0v) is 11.4. The molecule has 2 N–H and O–H groups in total. The maximum atomic E-state index is 11.9. The zero-order valence-electron chi connectivity index (χ0n) is 8.15. The van der Waals surface area contributed by atoms with Crippen molar-refractivity contribution in [1.29, 1.82) is 0 Å². The second-order valence-electron chi connectivity index (χ2n) is 3.07. The van der Waals surface area contributed by atoms with Gasteiger partial charge in [-0.2, -0.15) is 0 Å². The molecular weight excluding hydrogens is 312 g/mol. The lowest BCUT2D eigenvalue weighted by Gasteiger charge is -2.04. The van der Waals surface area contributed by atoms with Gasteiger partial charge in [-0.15, -0.1) is 23.1 Å². The van der Waals surface area contributed by atoms with Crippen molar-refractivity contribution in [2.45, 2.75) is 4.21 Å². The lowest BCUT2D eigenvalue weighted by molar-refractivity contribution is 0.405. The highest BCUT2D eigenvalue weighted by atomic mass is 79.9. The minimum Gasteiger partial charge on any atom is -0.504 e. The molecular formula is C10H7BrO3S2. The predicted octanol–water partition coefficient (Wildman–Crippen LogP) is 3.16. The van der Waals surface area contributed by atoms with E-state index >= 15 is 0 Å². The van der Waals surface area contributed by atoms with Crippen LogP contribution in [0, 0.1) is 0 Å². The second kappa shape index (κ2) is 4.27. The molecule has 1 heterocycles. The highest BCUT2D eigenvalue weighted by molar-refractivity contribution is 9.10. The summed E-state index contributed by atoms with van der Waals surface area (Å²) in [6.07, 6.45) is 1.88. The number of rotatable bonds is 1. The smallest absolute Gasteiger partial charge is 0.203 e. The number of halogens is 1. The minimum atomic E-state index is -0.277. The minimum absolute atomic E-state index is 0.173. The van der Waals surface area contributed by atoms with E-state index in [1.807, 2.05) is 6.26 Å². The van der Waals surface area contributed by atoms with Gasteiger partial charge in [0.2, 0.25) is 5.43 Å². The number of phenols is 2. The molecule has 0 aliphatic heterocycles. The Bertz CT molecular complexity index is 621. The molecule has 6 heteroatoms. The molecule has 3 nitrogen and oxygen atoms in total. The van der Waals surface area contributed by atoms with Gasteiger partial charge in [-0.1, -0.05) is 0 Å². The Labute approximate surface area is 108 Å². The molecule has 0 fully saturated rings. The van der Waals surface area contributed by atoms with Crippen LogP contribution in [-0.2, 0) is 0 Å². The van der Waals surface area contributed by atoms with Crippen LogP contribution >= 0.6 is 39.0 Å². The van der Waals surface area contributed by atoms with E-state index in [0.717, 1.165) is 4.21 Å². The van der Waals surface area contributed by atoms with E-state index in [0.29, 0.717) is 14.6 Å². The van der Waals surface area contributed by atoms with Gasteiger partial charge in [-0.25, -0.2) is 0 Å². The van der Waals surface area contributed by atoms with Crippen LogP contribution in [0.25, 0.3) is 10.1 Å². The maximum absolute atomic E-state index is 11.9. The molecule has 16 heavy (non-hydrogen) atoms. The zero-order chi connectivity index (χ0) is 11.9. The lowest BCUT2D eigenvalue weighted by Crippen LogP contribution is -2.02. The van der Waals surface area contributed by atoms with Crippen molar-refractivity contribution in [2.24, 2.45) is 0 Å². The van der Waals surface area contributed by atoms with Crippen molar-refractivity contribution < 1.29 is 10.2 Å². The quantitative estimate of drug-likeness (QED) is 0.626. The van der Waals surface area contributed by atoms with Gasteiger partial charge in [0.25, 0.3) is 0 Å². The van der Waals surface area contributed by atoms with Crippen LogP contribution in [0.15, 0.2) is 25.6 Å². The van der Waals surface area contributed by atoms with Gasteiger partial charge in [0, 0.05) is 16.2 Å². The number of fused-ring (bicyclic) bond motifs is 1. The van der Waals surface area contributed by atoms with Crippen LogP contribution in [0.2, 0.25) is 0 Å². The first kappa shape index (κ1) is 11.8. The standard InChI is InChI=1S/C10H7BrO3S2/c1-15-10-8(11)9(14)4-2-5(12)6(13)3-7(4)16-10/h2-3,12-13H,1H3. The number of phenolic OH excluding ortho intramolecular Hbond substituents is 2. The molecule has 0 spiro atoms. The fourth-order valence-electron chi connectivity index (χ4n) is 1.31. The Morgan fingerprint density at radius 1 is 1.31 bits per heavy atom. The third-order valence-electron chi connectivity index (χ3n) is 2.09. The van der Waals surface area contributed by atoms with Gasteiger partial charge in [-0.05, 0) is 28.3 Å². The molecule has 0 aliphatic carbocycles. The van der Waals surface area contributed by atoms with Crippen LogP contribution in [0.3, 0.4) is 0 Å². The number of benzene rings is 1.